The summed E-state index contributed by atoms with van der Waals surface area (Å²) in [5.74, 6) is 0.148. The van der Waals surface area contributed by atoms with Gasteiger partial charge in [0, 0.05) is 17.8 Å². The van der Waals surface area contributed by atoms with Crippen molar-refractivity contribution in [1.29, 1.82) is 0 Å². The Balaban J connectivity index is 1.63. The fraction of sp³-hybridized carbons (Fsp3) is 0.667. The van der Waals surface area contributed by atoms with Crippen LogP contribution in [0.4, 0.5) is 5.69 Å². The highest BCUT2D eigenvalue weighted by atomic mass is 16.2. The highest BCUT2D eigenvalue weighted by Crippen LogP contribution is 2.30. The van der Waals surface area contributed by atoms with E-state index in [9.17, 15) is 4.79 Å². The summed E-state index contributed by atoms with van der Waals surface area (Å²) in [7, 11) is 0. The topological polar surface area (TPSA) is 32.3 Å². The first-order chi connectivity index (χ1) is 11.7. The van der Waals surface area contributed by atoms with Crippen LogP contribution in [-0.4, -0.2) is 29.4 Å². The van der Waals surface area contributed by atoms with Gasteiger partial charge in [0.05, 0.1) is 6.54 Å². The third kappa shape index (κ3) is 4.83. The lowest BCUT2D eigenvalue weighted by Crippen LogP contribution is -2.48. The van der Waals surface area contributed by atoms with E-state index in [0.29, 0.717) is 18.6 Å². The Kier molecular flexibility index (Phi) is 6.30. The van der Waals surface area contributed by atoms with Gasteiger partial charge in [0.15, 0.2) is 0 Å². The van der Waals surface area contributed by atoms with Crippen LogP contribution >= 0.6 is 0 Å². The molecule has 0 spiro atoms. The molecule has 2 aliphatic carbocycles. The van der Waals surface area contributed by atoms with Crippen molar-refractivity contribution < 1.29 is 4.79 Å². The summed E-state index contributed by atoms with van der Waals surface area (Å²) < 4.78 is 0. The summed E-state index contributed by atoms with van der Waals surface area (Å²) in [5, 5.41) is 3.10. The van der Waals surface area contributed by atoms with Crippen molar-refractivity contribution in [2.24, 2.45) is 0 Å². The van der Waals surface area contributed by atoms with Crippen LogP contribution in [0.1, 0.15) is 69.8 Å². The highest BCUT2D eigenvalue weighted by molar-refractivity contribution is 5.92. The first kappa shape index (κ1) is 17.5. The van der Waals surface area contributed by atoms with Crippen molar-refractivity contribution in [3.05, 3.63) is 29.8 Å². The number of benzene rings is 1. The van der Waals surface area contributed by atoms with E-state index in [1.807, 2.05) is 12.1 Å². The summed E-state index contributed by atoms with van der Waals surface area (Å²) in [5.41, 5.74) is 2.14. The zero-order valence-electron chi connectivity index (χ0n) is 15.1. The maximum Gasteiger partial charge on any atom is 0.238 e. The number of carbonyl (C=O) groups excluding carboxylic acids is 1. The van der Waals surface area contributed by atoms with Gasteiger partial charge in [-0.25, -0.2) is 0 Å². The number of carbonyl (C=O) groups is 1. The summed E-state index contributed by atoms with van der Waals surface area (Å²) in [4.78, 5) is 15.2. The average molecular weight is 329 g/mol. The molecule has 3 nitrogen and oxygen atoms in total. The lowest BCUT2D eigenvalue weighted by Gasteiger charge is -2.41. The molecule has 0 heterocycles. The molecule has 3 heteroatoms. The summed E-state index contributed by atoms with van der Waals surface area (Å²) >= 11 is 0. The molecule has 1 aromatic rings. The maximum absolute atomic E-state index is 12.6. The van der Waals surface area contributed by atoms with Gasteiger partial charge in [0.2, 0.25) is 5.91 Å². The second-order valence-electron chi connectivity index (χ2n) is 7.67. The number of nitrogens with one attached hydrogen (secondary N) is 1. The third-order valence-corrected chi connectivity index (χ3v) is 5.75. The van der Waals surface area contributed by atoms with Gasteiger partial charge in [-0.05, 0) is 44.7 Å². The lowest BCUT2D eigenvalue weighted by atomic mass is 9.88. The van der Waals surface area contributed by atoms with Gasteiger partial charge in [0.25, 0.3) is 0 Å². The molecule has 1 aromatic carbocycles. The van der Waals surface area contributed by atoms with Crippen molar-refractivity contribution in [2.45, 2.75) is 83.2 Å². The van der Waals surface area contributed by atoms with Crippen LogP contribution in [0.15, 0.2) is 24.3 Å². The molecule has 2 saturated carbocycles. The van der Waals surface area contributed by atoms with Crippen LogP contribution in [0, 0.1) is 6.92 Å². The molecule has 0 aliphatic heterocycles. The number of rotatable bonds is 5. The molecule has 0 aromatic heterocycles. The largest absolute Gasteiger partial charge is 0.325 e. The minimum atomic E-state index is 0.148. The zero-order chi connectivity index (χ0) is 16.8. The first-order valence-corrected chi connectivity index (χ1v) is 9.84. The molecular weight excluding hydrogens is 296 g/mol. The fourth-order valence-electron chi connectivity index (χ4n) is 4.38. The van der Waals surface area contributed by atoms with Gasteiger partial charge in [-0.2, -0.15) is 0 Å². The number of hydrogen-bond acceptors (Lipinski definition) is 2. The monoisotopic (exact) mass is 328 g/mol. The molecular formula is C21H32N2O. The molecule has 0 atom stereocenters. The highest BCUT2D eigenvalue weighted by Gasteiger charge is 2.30. The van der Waals surface area contributed by atoms with E-state index < -0.39 is 0 Å². The van der Waals surface area contributed by atoms with E-state index in [-0.39, 0.29) is 5.91 Å². The van der Waals surface area contributed by atoms with E-state index in [1.54, 1.807) is 0 Å². The number of amides is 1. The quantitative estimate of drug-likeness (QED) is 0.833. The van der Waals surface area contributed by atoms with Crippen LogP contribution < -0.4 is 5.32 Å². The molecule has 24 heavy (non-hydrogen) atoms. The Morgan fingerprint density at radius 2 is 1.42 bits per heavy atom. The van der Waals surface area contributed by atoms with E-state index in [4.69, 9.17) is 0 Å². The predicted octanol–water partition coefficient (Wildman–Crippen LogP) is 4.90. The van der Waals surface area contributed by atoms with E-state index >= 15 is 0 Å². The van der Waals surface area contributed by atoms with Crippen molar-refractivity contribution in [1.82, 2.24) is 4.90 Å². The number of nitrogens with zero attached hydrogens (tertiary/aromatic N) is 1. The fourth-order valence-corrected chi connectivity index (χ4v) is 4.38. The summed E-state index contributed by atoms with van der Waals surface area (Å²) in [6.45, 7) is 2.63. The van der Waals surface area contributed by atoms with Crippen LogP contribution in [0.5, 0.6) is 0 Å². The molecule has 0 radical (unpaired) electrons. The SMILES string of the molecule is Cc1ccc(NC(=O)CN(C2CCCCC2)C2CCCCC2)cc1. The second kappa shape index (κ2) is 8.66. The van der Waals surface area contributed by atoms with Crippen LogP contribution in [0.3, 0.4) is 0 Å². The molecule has 132 valence electrons. The molecule has 1 amide bonds. The summed E-state index contributed by atoms with van der Waals surface area (Å²) in [6, 6.07) is 9.33. The molecule has 1 N–H and O–H groups in total. The lowest BCUT2D eigenvalue weighted by molar-refractivity contribution is -0.119. The van der Waals surface area contributed by atoms with Crippen molar-refractivity contribution >= 4 is 11.6 Å². The smallest absolute Gasteiger partial charge is 0.238 e. The molecule has 0 bridgehead atoms. The maximum atomic E-state index is 12.6. The van der Waals surface area contributed by atoms with Gasteiger partial charge in [0.1, 0.15) is 0 Å². The minimum Gasteiger partial charge on any atom is -0.325 e. The molecule has 0 unspecified atom stereocenters. The zero-order valence-corrected chi connectivity index (χ0v) is 15.1. The normalized spacial score (nSPS) is 20.2. The standard InChI is InChI=1S/C21H32N2O/c1-17-12-14-18(15-13-17)22-21(24)16-23(19-8-4-2-5-9-19)20-10-6-3-7-11-20/h12-15,19-20H,2-11,16H2,1H3,(H,22,24). The Labute approximate surface area is 146 Å². The molecule has 0 saturated heterocycles. The first-order valence-electron chi connectivity index (χ1n) is 9.84. The Morgan fingerprint density at radius 3 is 1.92 bits per heavy atom. The third-order valence-electron chi connectivity index (χ3n) is 5.75. The van der Waals surface area contributed by atoms with Crippen molar-refractivity contribution in [3.63, 3.8) is 0 Å². The Bertz CT molecular complexity index is 495. The molecule has 2 aliphatic rings. The van der Waals surface area contributed by atoms with Gasteiger partial charge in [-0.1, -0.05) is 56.2 Å². The van der Waals surface area contributed by atoms with Gasteiger partial charge in [-0.3, -0.25) is 9.69 Å². The molecule has 3 rings (SSSR count). The van der Waals surface area contributed by atoms with E-state index in [1.165, 1.54) is 69.8 Å². The van der Waals surface area contributed by atoms with E-state index in [2.05, 4.69) is 29.3 Å². The summed E-state index contributed by atoms with van der Waals surface area (Å²) in [6.07, 6.45) is 13.1. The number of hydrogen-bond donors (Lipinski definition) is 1. The molecule has 2 fully saturated rings. The minimum absolute atomic E-state index is 0.148. The average Bonchev–Trinajstić information content (AvgIpc) is 2.63. The van der Waals surface area contributed by atoms with Crippen molar-refractivity contribution in [2.75, 3.05) is 11.9 Å². The van der Waals surface area contributed by atoms with Crippen molar-refractivity contribution in [3.8, 4) is 0 Å². The van der Waals surface area contributed by atoms with Gasteiger partial charge in [-0.15, -0.1) is 0 Å². The Morgan fingerprint density at radius 1 is 0.917 bits per heavy atom. The van der Waals surface area contributed by atoms with Gasteiger partial charge < -0.3 is 5.32 Å². The number of aryl methyl sites for hydroxylation is 1. The van der Waals surface area contributed by atoms with Crippen LogP contribution in [0.2, 0.25) is 0 Å². The van der Waals surface area contributed by atoms with Crippen LogP contribution in [-0.2, 0) is 4.79 Å². The second-order valence-corrected chi connectivity index (χ2v) is 7.67. The Hall–Kier alpha value is -1.35. The number of anilines is 1. The van der Waals surface area contributed by atoms with Crippen LogP contribution in [0.25, 0.3) is 0 Å². The van der Waals surface area contributed by atoms with E-state index in [0.717, 1.165) is 5.69 Å². The van der Waals surface area contributed by atoms with Gasteiger partial charge >= 0.3 is 0 Å². The predicted molar refractivity (Wildman–Crippen MR) is 100 cm³/mol.